The SMILES string of the molecule is COC(=O)CC[C@H]1COC(C)(C)C1C(=O)OC(C)(C)C. The molecule has 1 unspecified atom stereocenters. The van der Waals surface area contributed by atoms with E-state index in [0.717, 1.165) is 0 Å². The zero-order valence-corrected chi connectivity index (χ0v) is 13.3. The maximum atomic E-state index is 12.4. The van der Waals surface area contributed by atoms with Gasteiger partial charge in [0, 0.05) is 6.42 Å². The van der Waals surface area contributed by atoms with Crippen LogP contribution in [0.4, 0.5) is 0 Å². The van der Waals surface area contributed by atoms with Crippen molar-refractivity contribution in [2.75, 3.05) is 13.7 Å². The molecule has 20 heavy (non-hydrogen) atoms. The summed E-state index contributed by atoms with van der Waals surface area (Å²) in [6.07, 6.45) is 0.861. The molecule has 1 rings (SSSR count). The third-order valence-corrected chi connectivity index (χ3v) is 3.50. The number of hydrogen-bond acceptors (Lipinski definition) is 5. The summed E-state index contributed by atoms with van der Waals surface area (Å²) in [5, 5.41) is 0. The van der Waals surface area contributed by atoms with E-state index in [1.165, 1.54) is 7.11 Å². The van der Waals surface area contributed by atoms with Gasteiger partial charge in [-0.05, 0) is 47.0 Å². The van der Waals surface area contributed by atoms with Crippen molar-refractivity contribution < 1.29 is 23.8 Å². The van der Waals surface area contributed by atoms with Gasteiger partial charge in [0.2, 0.25) is 0 Å². The van der Waals surface area contributed by atoms with E-state index in [-0.39, 0.29) is 23.8 Å². The molecular weight excluding hydrogens is 260 g/mol. The molecule has 0 radical (unpaired) electrons. The Kier molecular flexibility index (Phi) is 5.19. The second kappa shape index (κ2) is 6.12. The van der Waals surface area contributed by atoms with Crippen LogP contribution < -0.4 is 0 Å². The Morgan fingerprint density at radius 1 is 1.30 bits per heavy atom. The minimum Gasteiger partial charge on any atom is -0.469 e. The van der Waals surface area contributed by atoms with E-state index >= 15 is 0 Å². The first-order chi connectivity index (χ1) is 9.07. The quantitative estimate of drug-likeness (QED) is 0.742. The molecule has 2 atom stereocenters. The molecule has 5 heteroatoms. The molecular formula is C15H26O5. The van der Waals surface area contributed by atoms with Crippen molar-refractivity contribution >= 4 is 11.9 Å². The first-order valence-electron chi connectivity index (χ1n) is 7.00. The lowest BCUT2D eigenvalue weighted by Gasteiger charge is -2.30. The smallest absolute Gasteiger partial charge is 0.312 e. The van der Waals surface area contributed by atoms with E-state index in [1.54, 1.807) is 0 Å². The summed E-state index contributed by atoms with van der Waals surface area (Å²) < 4.78 is 15.8. The minimum absolute atomic E-state index is 0.0149. The molecule has 0 bridgehead atoms. The average Bonchev–Trinajstić information content (AvgIpc) is 2.59. The lowest BCUT2D eigenvalue weighted by Crippen LogP contribution is -2.40. The predicted molar refractivity (Wildman–Crippen MR) is 74.1 cm³/mol. The highest BCUT2D eigenvalue weighted by Crippen LogP contribution is 2.39. The first kappa shape index (κ1) is 17.0. The highest BCUT2D eigenvalue weighted by Gasteiger charge is 2.49. The van der Waals surface area contributed by atoms with E-state index in [9.17, 15) is 9.59 Å². The summed E-state index contributed by atoms with van der Waals surface area (Å²) >= 11 is 0. The maximum Gasteiger partial charge on any atom is 0.312 e. The molecule has 0 aromatic carbocycles. The zero-order valence-electron chi connectivity index (χ0n) is 13.3. The van der Waals surface area contributed by atoms with Gasteiger partial charge in [-0.25, -0.2) is 0 Å². The Morgan fingerprint density at radius 3 is 2.40 bits per heavy atom. The van der Waals surface area contributed by atoms with Crippen LogP contribution in [-0.2, 0) is 23.8 Å². The minimum atomic E-state index is -0.566. The van der Waals surface area contributed by atoms with Crippen LogP contribution >= 0.6 is 0 Å². The zero-order chi connectivity index (χ0) is 15.6. The van der Waals surface area contributed by atoms with Crippen LogP contribution in [0.25, 0.3) is 0 Å². The van der Waals surface area contributed by atoms with Crippen molar-refractivity contribution in [2.24, 2.45) is 11.8 Å². The standard InChI is InChI=1S/C15H26O5/c1-14(2,3)20-13(17)12-10(7-8-11(16)18-6)9-19-15(12,4)5/h10,12H,7-9H2,1-6H3/t10-,12?/m0/s1. The van der Waals surface area contributed by atoms with Gasteiger partial charge >= 0.3 is 11.9 Å². The number of carbonyl (C=O) groups excluding carboxylic acids is 2. The lowest BCUT2D eigenvalue weighted by atomic mass is 9.81. The monoisotopic (exact) mass is 286 g/mol. The number of ether oxygens (including phenoxy) is 3. The first-order valence-corrected chi connectivity index (χ1v) is 7.00. The van der Waals surface area contributed by atoms with Gasteiger partial charge in [-0.2, -0.15) is 0 Å². The van der Waals surface area contributed by atoms with Gasteiger partial charge in [0.1, 0.15) is 5.60 Å². The average molecular weight is 286 g/mol. The molecule has 1 aliphatic rings. The van der Waals surface area contributed by atoms with Crippen molar-refractivity contribution in [3.8, 4) is 0 Å². The van der Waals surface area contributed by atoms with E-state index in [4.69, 9.17) is 9.47 Å². The fourth-order valence-corrected chi connectivity index (χ4v) is 2.57. The van der Waals surface area contributed by atoms with Crippen molar-refractivity contribution in [2.45, 2.75) is 58.7 Å². The Hall–Kier alpha value is -1.10. The number of rotatable bonds is 4. The topological polar surface area (TPSA) is 61.8 Å². The highest BCUT2D eigenvalue weighted by molar-refractivity contribution is 5.75. The Balaban J connectivity index is 2.75. The third-order valence-electron chi connectivity index (χ3n) is 3.50. The van der Waals surface area contributed by atoms with Gasteiger partial charge in [-0.1, -0.05) is 0 Å². The summed E-state index contributed by atoms with van der Waals surface area (Å²) in [5.74, 6) is -0.891. The molecule has 1 aliphatic heterocycles. The molecule has 1 saturated heterocycles. The predicted octanol–water partition coefficient (Wildman–Crippen LogP) is 2.32. The molecule has 0 N–H and O–H groups in total. The largest absolute Gasteiger partial charge is 0.469 e. The van der Waals surface area contributed by atoms with E-state index in [0.29, 0.717) is 19.4 Å². The van der Waals surface area contributed by atoms with Crippen LogP contribution in [0.3, 0.4) is 0 Å². The van der Waals surface area contributed by atoms with Gasteiger partial charge in [0.05, 0.1) is 25.2 Å². The molecule has 0 aromatic heterocycles. The van der Waals surface area contributed by atoms with Crippen LogP contribution in [0, 0.1) is 11.8 Å². The Morgan fingerprint density at radius 2 is 1.90 bits per heavy atom. The number of hydrogen-bond donors (Lipinski definition) is 0. The van der Waals surface area contributed by atoms with Gasteiger partial charge < -0.3 is 14.2 Å². The summed E-state index contributed by atoms with van der Waals surface area (Å²) in [6.45, 7) is 9.78. The van der Waals surface area contributed by atoms with E-state index < -0.39 is 11.2 Å². The molecule has 0 spiro atoms. The van der Waals surface area contributed by atoms with Gasteiger partial charge in [0.15, 0.2) is 0 Å². The fraction of sp³-hybridized carbons (Fsp3) is 0.867. The Bertz CT molecular complexity index is 367. The molecule has 0 saturated carbocycles. The summed E-state index contributed by atoms with van der Waals surface area (Å²) in [6, 6.07) is 0. The molecule has 1 fully saturated rings. The van der Waals surface area contributed by atoms with Gasteiger partial charge in [0.25, 0.3) is 0 Å². The van der Waals surface area contributed by atoms with Gasteiger partial charge in [-0.15, -0.1) is 0 Å². The van der Waals surface area contributed by atoms with Crippen molar-refractivity contribution in [1.82, 2.24) is 0 Å². The fourth-order valence-electron chi connectivity index (χ4n) is 2.57. The van der Waals surface area contributed by atoms with Crippen LogP contribution in [-0.4, -0.2) is 36.9 Å². The van der Waals surface area contributed by atoms with E-state index in [1.807, 2.05) is 34.6 Å². The molecule has 116 valence electrons. The number of carbonyl (C=O) groups is 2. The van der Waals surface area contributed by atoms with Crippen LogP contribution in [0.15, 0.2) is 0 Å². The molecule has 0 amide bonds. The number of methoxy groups -OCH3 is 1. The highest BCUT2D eigenvalue weighted by atomic mass is 16.6. The summed E-state index contributed by atoms with van der Waals surface area (Å²) in [5.41, 5.74) is -1.09. The molecule has 5 nitrogen and oxygen atoms in total. The number of esters is 2. The second-order valence-electron chi connectivity index (χ2n) is 6.80. The summed E-state index contributed by atoms with van der Waals surface area (Å²) in [4.78, 5) is 23.6. The summed E-state index contributed by atoms with van der Waals surface area (Å²) in [7, 11) is 1.36. The third kappa shape index (κ3) is 4.47. The van der Waals surface area contributed by atoms with Crippen molar-refractivity contribution in [3.05, 3.63) is 0 Å². The Labute approximate surface area is 121 Å². The molecule has 1 heterocycles. The normalized spacial score (nSPS) is 25.3. The second-order valence-corrected chi connectivity index (χ2v) is 6.80. The molecule has 0 aliphatic carbocycles. The van der Waals surface area contributed by atoms with Crippen molar-refractivity contribution in [3.63, 3.8) is 0 Å². The van der Waals surface area contributed by atoms with E-state index in [2.05, 4.69) is 4.74 Å². The van der Waals surface area contributed by atoms with Crippen LogP contribution in [0.1, 0.15) is 47.5 Å². The van der Waals surface area contributed by atoms with Crippen molar-refractivity contribution in [1.29, 1.82) is 0 Å². The van der Waals surface area contributed by atoms with Crippen LogP contribution in [0.2, 0.25) is 0 Å². The molecule has 0 aromatic rings. The van der Waals surface area contributed by atoms with Gasteiger partial charge in [-0.3, -0.25) is 9.59 Å². The lowest BCUT2D eigenvalue weighted by molar-refractivity contribution is -0.166. The maximum absolute atomic E-state index is 12.4. The van der Waals surface area contributed by atoms with Crippen LogP contribution in [0.5, 0.6) is 0 Å².